The van der Waals surface area contributed by atoms with Crippen LogP contribution in [0.5, 0.6) is 5.75 Å². The van der Waals surface area contributed by atoms with Gasteiger partial charge in [-0.05, 0) is 13.1 Å². The van der Waals surface area contributed by atoms with E-state index in [1.165, 1.54) is 6.07 Å². The highest BCUT2D eigenvalue weighted by Crippen LogP contribution is 2.25. The Balaban J connectivity index is 2.21. The quantitative estimate of drug-likeness (QED) is 0.803. The molecule has 0 aliphatic carbocycles. The summed E-state index contributed by atoms with van der Waals surface area (Å²) in [6, 6.07) is 4.69. The molecule has 0 bridgehead atoms. The molecule has 4 nitrogen and oxygen atoms in total. The Morgan fingerprint density at radius 3 is 3.06 bits per heavy atom. The standard InChI is InChI=1S/C12H14FNO3/c1-14-7-8-3-2-4-9(13)11(8)17-10-5-6-16-12(10)15/h2-4,10,14H,5-7H2,1H3. The van der Waals surface area contributed by atoms with E-state index < -0.39 is 17.9 Å². The van der Waals surface area contributed by atoms with Gasteiger partial charge >= 0.3 is 5.97 Å². The molecule has 92 valence electrons. The lowest BCUT2D eigenvalue weighted by Gasteiger charge is -2.14. The average Bonchev–Trinajstić information content (AvgIpc) is 2.70. The zero-order chi connectivity index (χ0) is 12.3. The van der Waals surface area contributed by atoms with Crippen molar-refractivity contribution in [2.45, 2.75) is 19.1 Å². The first-order valence-corrected chi connectivity index (χ1v) is 5.47. The van der Waals surface area contributed by atoms with E-state index in [0.29, 0.717) is 25.1 Å². The summed E-state index contributed by atoms with van der Waals surface area (Å²) < 4.78 is 23.8. The first-order valence-electron chi connectivity index (χ1n) is 5.47. The Labute approximate surface area is 98.7 Å². The van der Waals surface area contributed by atoms with Crippen LogP contribution in [0.15, 0.2) is 18.2 Å². The van der Waals surface area contributed by atoms with Crippen LogP contribution in [0.3, 0.4) is 0 Å². The third kappa shape index (κ3) is 2.55. The topological polar surface area (TPSA) is 47.6 Å². The molecule has 1 saturated heterocycles. The number of ether oxygens (including phenoxy) is 2. The molecule has 0 spiro atoms. The van der Waals surface area contributed by atoms with Gasteiger partial charge in [-0.3, -0.25) is 0 Å². The van der Waals surface area contributed by atoms with Crippen molar-refractivity contribution in [3.63, 3.8) is 0 Å². The van der Waals surface area contributed by atoms with Crippen LogP contribution in [-0.4, -0.2) is 25.7 Å². The number of rotatable bonds is 4. The number of para-hydroxylation sites is 1. The highest BCUT2D eigenvalue weighted by Gasteiger charge is 2.29. The Morgan fingerprint density at radius 2 is 2.41 bits per heavy atom. The molecule has 0 saturated carbocycles. The van der Waals surface area contributed by atoms with Crippen molar-refractivity contribution < 1.29 is 18.7 Å². The van der Waals surface area contributed by atoms with E-state index in [4.69, 9.17) is 9.47 Å². The number of carbonyl (C=O) groups excluding carboxylic acids is 1. The van der Waals surface area contributed by atoms with Crippen LogP contribution in [0.2, 0.25) is 0 Å². The van der Waals surface area contributed by atoms with Crippen LogP contribution < -0.4 is 10.1 Å². The molecule has 1 fully saturated rings. The van der Waals surface area contributed by atoms with Crippen molar-refractivity contribution in [1.29, 1.82) is 0 Å². The van der Waals surface area contributed by atoms with Gasteiger partial charge in [0, 0.05) is 18.5 Å². The summed E-state index contributed by atoms with van der Waals surface area (Å²) in [4.78, 5) is 11.3. The minimum atomic E-state index is -0.692. The molecule has 1 unspecified atom stereocenters. The number of hydrogen-bond donors (Lipinski definition) is 1. The Kier molecular flexibility index (Phi) is 3.58. The van der Waals surface area contributed by atoms with Gasteiger partial charge in [-0.15, -0.1) is 0 Å². The van der Waals surface area contributed by atoms with Gasteiger partial charge in [0.1, 0.15) is 0 Å². The van der Waals surface area contributed by atoms with E-state index in [9.17, 15) is 9.18 Å². The molecule has 1 aliphatic rings. The van der Waals surface area contributed by atoms with E-state index in [1.54, 1.807) is 19.2 Å². The molecular weight excluding hydrogens is 225 g/mol. The maximum absolute atomic E-state index is 13.6. The molecule has 17 heavy (non-hydrogen) atoms. The predicted octanol–water partition coefficient (Wildman–Crippen LogP) is 1.24. The predicted molar refractivity (Wildman–Crippen MR) is 59.2 cm³/mol. The maximum Gasteiger partial charge on any atom is 0.347 e. The van der Waals surface area contributed by atoms with Gasteiger partial charge in [-0.1, -0.05) is 12.1 Å². The van der Waals surface area contributed by atoms with E-state index >= 15 is 0 Å². The minimum absolute atomic E-state index is 0.130. The third-order valence-electron chi connectivity index (χ3n) is 2.56. The highest BCUT2D eigenvalue weighted by atomic mass is 19.1. The lowest BCUT2D eigenvalue weighted by atomic mass is 10.2. The number of benzene rings is 1. The zero-order valence-corrected chi connectivity index (χ0v) is 9.53. The van der Waals surface area contributed by atoms with Crippen LogP contribution in [0, 0.1) is 5.82 Å². The first kappa shape index (κ1) is 11.9. The number of esters is 1. The molecule has 1 aromatic carbocycles. The van der Waals surface area contributed by atoms with Crippen molar-refractivity contribution in [3.05, 3.63) is 29.6 Å². The van der Waals surface area contributed by atoms with Crippen LogP contribution in [0.4, 0.5) is 4.39 Å². The van der Waals surface area contributed by atoms with E-state index in [1.807, 2.05) is 0 Å². The molecule has 2 rings (SSSR count). The second kappa shape index (κ2) is 5.14. The number of nitrogens with one attached hydrogen (secondary N) is 1. The van der Waals surface area contributed by atoms with Gasteiger partial charge in [0.05, 0.1) is 6.61 Å². The van der Waals surface area contributed by atoms with Gasteiger partial charge in [0.2, 0.25) is 0 Å². The van der Waals surface area contributed by atoms with Gasteiger partial charge in [0.25, 0.3) is 0 Å². The largest absolute Gasteiger partial charge is 0.475 e. The highest BCUT2D eigenvalue weighted by molar-refractivity contribution is 5.76. The Morgan fingerprint density at radius 1 is 1.59 bits per heavy atom. The number of cyclic esters (lactones) is 1. The fourth-order valence-electron chi connectivity index (χ4n) is 1.74. The maximum atomic E-state index is 13.6. The molecule has 5 heteroatoms. The normalized spacial score (nSPS) is 19.2. The van der Waals surface area contributed by atoms with Crippen LogP contribution in [0.25, 0.3) is 0 Å². The molecule has 1 heterocycles. The SMILES string of the molecule is CNCc1cccc(F)c1OC1CCOC1=O. The lowest BCUT2D eigenvalue weighted by Crippen LogP contribution is -2.23. The van der Waals surface area contributed by atoms with Gasteiger partial charge in [-0.2, -0.15) is 0 Å². The van der Waals surface area contributed by atoms with Crippen molar-refractivity contribution in [3.8, 4) is 5.75 Å². The zero-order valence-electron chi connectivity index (χ0n) is 9.53. The fraction of sp³-hybridized carbons (Fsp3) is 0.417. The number of carbonyl (C=O) groups is 1. The Bertz CT molecular complexity index is 422. The summed E-state index contributed by atoms with van der Waals surface area (Å²) in [5.74, 6) is -0.758. The average molecular weight is 239 g/mol. The molecule has 1 atom stereocenters. The fourth-order valence-corrected chi connectivity index (χ4v) is 1.74. The van der Waals surface area contributed by atoms with Gasteiger partial charge in [0.15, 0.2) is 17.7 Å². The van der Waals surface area contributed by atoms with Gasteiger partial charge < -0.3 is 14.8 Å². The second-order valence-electron chi connectivity index (χ2n) is 3.82. The number of halogens is 1. The van der Waals surface area contributed by atoms with Crippen LogP contribution in [-0.2, 0) is 16.1 Å². The van der Waals surface area contributed by atoms with Crippen molar-refractivity contribution in [2.24, 2.45) is 0 Å². The van der Waals surface area contributed by atoms with E-state index in [2.05, 4.69) is 5.32 Å². The molecule has 0 radical (unpaired) electrons. The lowest BCUT2D eigenvalue weighted by molar-refractivity contribution is -0.143. The first-order chi connectivity index (χ1) is 8.22. The minimum Gasteiger partial charge on any atom is -0.475 e. The van der Waals surface area contributed by atoms with Crippen LogP contribution in [0.1, 0.15) is 12.0 Å². The molecule has 1 aromatic rings. The van der Waals surface area contributed by atoms with E-state index in [-0.39, 0.29) is 5.75 Å². The summed E-state index contributed by atoms with van der Waals surface area (Å²) in [5.41, 5.74) is 0.687. The van der Waals surface area contributed by atoms with Crippen molar-refractivity contribution in [1.82, 2.24) is 5.32 Å². The smallest absolute Gasteiger partial charge is 0.347 e. The Hall–Kier alpha value is -1.62. The summed E-state index contributed by atoms with van der Waals surface area (Å²) in [6.07, 6.45) is -0.228. The molecular formula is C12H14FNO3. The third-order valence-corrected chi connectivity index (χ3v) is 2.56. The van der Waals surface area contributed by atoms with Crippen LogP contribution >= 0.6 is 0 Å². The summed E-state index contributed by atoms with van der Waals surface area (Å²) in [6.45, 7) is 0.814. The summed E-state index contributed by atoms with van der Waals surface area (Å²) in [5, 5.41) is 2.92. The molecule has 1 N–H and O–H groups in total. The monoisotopic (exact) mass is 239 g/mol. The second-order valence-corrected chi connectivity index (χ2v) is 3.82. The van der Waals surface area contributed by atoms with Crippen molar-refractivity contribution in [2.75, 3.05) is 13.7 Å². The van der Waals surface area contributed by atoms with Crippen molar-refractivity contribution >= 4 is 5.97 Å². The van der Waals surface area contributed by atoms with Gasteiger partial charge in [-0.25, -0.2) is 9.18 Å². The van der Waals surface area contributed by atoms with E-state index in [0.717, 1.165) is 0 Å². The molecule has 0 amide bonds. The molecule has 1 aliphatic heterocycles. The summed E-state index contributed by atoms with van der Waals surface area (Å²) in [7, 11) is 1.76. The number of hydrogen-bond acceptors (Lipinski definition) is 4. The summed E-state index contributed by atoms with van der Waals surface area (Å²) >= 11 is 0. The molecule has 0 aromatic heterocycles.